The normalized spacial score (nSPS) is 10.7. The predicted molar refractivity (Wildman–Crippen MR) is 99.3 cm³/mol. The smallest absolute Gasteiger partial charge is 0.226 e. The Morgan fingerprint density at radius 3 is 2.44 bits per heavy atom. The molecule has 25 heavy (non-hydrogen) atoms. The molecule has 0 atom stereocenters. The van der Waals surface area contributed by atoms with Crippen molar-refractivity contribution in [3.8, 4) is 0 Å². The van der Waals surface area contributed by atoms with Crippen molar-refractivity contribution in [2.45, 2.75) is 46.6 Å². The summed E-state index contributed by atoms with van der Waals surface area (Å²) in [5.74, 6) is 0.125. The lowest BCUT2D eigenvalue weighted by molar-refractivity contribution is -0.124. The zero-order chi connectivity index (χ0) is 18.2. The van der Waals surface area contributed by atoms with Gasteiger partial charge in [0.15, 0.2) is 0 Å². The maximum absolute atomic E-state index is 11.9. The molecular formula is C18H24N4O2S. The number of aromatic nitrogens is 2. The first-order valence-corrected chi connectivity index (χ1v) is 9.18. The molecule has 0 unspecified atom stereocenters. The predicted octanol–water partition coefficient (Wildman–Crippen LogP) is 3.08. The maximum atomic E-state index is 11.9. The summed E-state index contributed by atoms with van der Waals surface area (Å²) in [6.07, 6.45) is 1.11. The monoisotopic (exact) mass is 360 g/mol. The first-order valence-electron chi connectivity index (χ1n) is 8.37. The fourth-order valence-electron chi connectivity index (χ4n) is 2.14. The van der Waals surface area contributed by atoms with E-state index in [4.69, 9.17) is 0 Å². The first-order chi connectivity index (χ1) is 11.9. The number of rotatable bonds is 8. The number of aryl methyl sites for hydroxylation is 1. The second kappa shape index (κ2) is 9.27. The van der Waals surface area contributed by atoms with Gasteiger partial charge in [-0.3, -0.25) is 9.59 Å². The van der Waals surface area contributed by atoms with Gasteiger partial charge in [0, 0.05) is 25.8 Å². The third-order valence-electron chi connectivity index (χ3n) is 3.49. The van der Waals surface area contributed by atoms with Gasteiger partial charge in [-0.2, -0.15) is 0 Å². The molecule has 7 heteroatoms. The Morgan fingerprint density at radius 1 is 1.08 bits per heavy atom. The Kier molecular flexibility index (Phi) is 7.06. The van der Waals surface area contributed by atoms with E-state index >= 15 is 0 Å². The molecule has 1 aromatic carbocycles. The highest BCUT2D eigenvalue weighted by Crippen LogP contribution is 2.18. The highest BCUT2D eigenvalue weighted by molar-refractivity contribution is 7.15. The number of nitrogens with one attached hydrogen (secondary N) is 2. The summed E-state index contributed by atoms with van der Waals surface area (Å²) >= 11 is 1.38. The molecule has 2 N–H and O–H groups in total. The average Bonchev–Trinajstić information content (AvgIpc) is 2.98. The highest BCUT2D eigenvalue weighted by Gasteiger charge is 2.11. The van der Waals surface area contributed by atoms with Gasteiger partial charge < -0.3 is 10.6 Å². The molecular weight excluding hydrogens is 336 g/mol. The minimum atomic E-state index is -0.224. The quantitative estimate of drug-likeness (QED) is 0.758. The van der Waals surface area contributed by atoms with Crippen LogP contribution >= 0.6 is 11.3 Å². The van der Waals surface area contributed by atoms with Crippen molar-refractivity contribution in [1.82, 2.24) is 15.5 Å². The Bertz CT molecular complexity index is 710. The molecule has 0 bridgehead atoms. The number of carbonyl (C=O) groups excluding carboxylic acids is 2. The minimum absolute atomic E-state index is 0.124. The molecule has 0 aliphatic carbocycles. The van der Waals surface area contributed by atoms with Crippen molar-refractivity contribution < 1.29 is 9.59 Å². The van der Waals surface area contributed by atoms with E-state index < -0.39 is 0 Å². The Hall–Kier alpha value is -2.28. The second-order valence-electron chi connectivity index (χ2n) is 6.41. The van der Waals surface area contributed by atoms with Crippen LogP contribution in [0.5, 0.6) is 0 Å². The molecule has 0 radical (unpaired) electrons. The number of hydrogen-bond donors (Lipinski definition) is 2. The van der Waals surface area contributed by atoms with Crippen LogP contribution in [-0.4, -0.2) is 22.0 Å². The van der Waals surface area contributed by atoms with Crippen molar-refractivity contribution in [3.05, 3.63) is 40.4 Å². The summed E-state index contributed by atoms with van der Waals surface area (Å²) in [4.78, 5) is 23.8. The molecule has 0 aliphatic heterocycles. The van der Waals surface area contributed by atoms with Crippen molar-refractivity contribution in [1.29, 1.82) is 0 Å². The van der Waals surface area contributed by atoms with E-state index in [0.29, 0.717) is 17.6 Å². The van der Waals surface area contributed by atoms with Gasteiger partial charge in [-0.1, -0.05) is 55.0 Å². The maximum Gasteiger partial charge on any atom is 0.226 e. The minimum Gasteiger partial charge on any atom is -0.352 e. The van der Waals surface area contributed by atoms with Crippen LogP contribution in [0.25, 0.3) is 0 Å². The number of hydrogen-bond acceptors (Lipinski definition) is 5. The number of anilines is 1. The fourth-order valence-corrected chi connectivity index (χ4v) is 3.11. The molecule has 0 fully saturated rings. The van der Waals surface area contributed by atoms with Gasteiger partial charge in [0.25, 0.3) is 0 Å². The Labute approximate surface area is 152 Å². The number of benzene rings is 1. The van der Waals surface area contributed by atoms with E-state index in [1.54, 1.807) is 0 Å². The van der Waals surface area contributed by atoms with Crippen LogP contribution in [0.1, 0.15) is 42.8 Å². The van der Waals surface area contributed by atoms with Crippen LogP contribution in [0.4, 0.5) is 5.13 Å². The van der Waals surface area contributed by atoms with Crippen LogP contribution in [0.2, 0.25) is 0 Å². The summed E-state index contributed by atoms with van der Waals surface area (Å²) in [5, 5.41) is 14.9. The van der Waals surface area contributed by atoms with Crippen LogP contribution in [0.3, 0.4) is 0 Å². The van der Waals surface area contributed by atoms with E-state index in [0.717, 1.165) is 17.0 Å². The fraction of sp³-hybridized carbons (Fsp3) is 0.444. The van der Waals surface area contributed by atoms with Gasteiger partial charge in [-0.15, -0.1) is 10.2 Å². The first kappa shape index (κ1) is 19.1. The summed E-state index contributed by atoms with van der Waals surface area (Å²) in [7, 11) is 0. The van der Waals surface area contributed by atoms with Crippen LogP contribution in [0, 0.1) is 12.8 Å². The number of carbonyl (C=O) groups is 2. The van der Waals surface area contributed by atoms with E-state index in [1.807, 2.05) is 31.2 Å². The van der Waals surface area contributed by atoms with E-state index in [-0.39, 0.29) is 24.7 Å². The Balaban J connectivity index is 1.69. The van der Waals surface area contributed by atoms with Crippen molar-refractivity contribution in [2.75, 3.05) is 5.32 Å². The molecule has 1 aromatic heterocycles. The van der Waals surface area contributed by atoms with E-state index in [1.165, 1.54) is 16.9 Å². The summed E-state index contributed by atoms with van der Waals surface area (Å²) in [5.41, 5.74) is 2.22. The van der Waals surface area contributed by atoms with Gasteiger partial charge in [-0.05, 0) is 18.4 Å². The molecule has 2 aromatic rings. The summed E-state index contributed by atoms with van der Waals surface area (Å²) < 4.78 is 0. The second-order valence-corrected chi connectivity index (χ2v) is 7.47. The SMILES string of the molecule is Cc1ccc(CNC(=O)CCC(=O)Nc2nnc(CC(C)C)s2)cc1. The lowest BCUT2D eigenvalue weighted by Gasteiger charge is -2.05. The lowest BCUT2D eigenvalue weighted by atomic mass is 10.1. The third-order valence-corrected chi connectivity index (χ3v) is 4.35. The number of nitrogens with zero attached hydrogens (tertiary/aromatic N) is 2. The van der Waals surface area contributed by atoms with Gasteiger partial charge in [0.2, 0.25) is 16.9 Å². The zero-order valence-electron chi connectivity index (χ0n) is 14.8. The molecule has 0 spiro atoms. The molecule has 2 rings (SSSR count). The van der Waals surface area contributed by atoms with Gasteiger partial charge in [-0.25, -0.2) is 0 Å². The third kappa shape index (κ3) is 7.01. The molecule has 6 nitrogen and oxygen atoms in total. The van der Waals surface area contributed by atoms with E-state index in [2.05, 4.69) is 34.7 Å². The van der Waals surface area contributed by atoms with Crippen molar-refractivity contribution in [2.24, 2.45) is 5.92 Å². The van der Waals surface area contributed by atoms with Crippen LogP contribution < -0.4 is 10.6 Å². The van der Waals surface area contributed by atoms with Crippen LogP contribution in [-0.2, 0) is 22.6 Å². The largest absolute Gasteiger partial charge is 0.352 e. The zero-order valence-corrected chi connectivity index (χ0v) is 15.7. The van der Waals surface area contributed by atoms with Crippen LogP contribution in [0.15, 0.2) is 24.3 Å². The molecule has 1 heterocycles. The molecule has 0 aliphatic rings. The summed E-state index contributed by atoms with van der Waals surface area (Å²) in [6, 6.07) is 7.97. The van der Waals surface area contributed by atoms with Gasteiger partial charge >= 0.3 is 0 Å². The van der Waals surface area contributed by atoms with Crippen molar-refractivity contribution in [3.63, 3.8) is 0 Å². The topological polar surface area (TPSA) is 84.0 Å². The molecule has 0 saturated carbocycles. The molecule has 134 valence electrons. The molecule has 0 saturated heterocycles. The highest BCUT2D eigenvalue weighted by atomic mass is 32.1. The standard InChI is InChI=1S/C18H24N4O2S/c1-12(2)10-17-21-22-18(25-17)20-16(24)9-8-15(23)19-11-14-6-4-13(3)5-7-14/h4-7,12H,8-11H2,1-3H3,(H,19,23)(H,20,22,24). The van der Waals surface area contributed by atoms with E-state index in [9.17, 15) is 9.59 Å². The van der Waals surface area contributed by atoms with Crippen molar-refractivity contribution >= 4 is 28.3 Å². The summed E-state index contributed by atoms with van der Waals surface area (Å²) in [6.45, 7) is 6.70. The van der Waals surface area contributed by atoms with Gasteiger partial charge in [0.05, 0.1) is 0 Å². The number of amides is 2. The average molecular weight is 360 g/mol. The van der Waals surface area contributed by atoms with Gasteiger partial charge in [0.1, 0.15) is 5.01 Å². The Morgan fingerprint density at radius 2 is 1.76 bits per heavy atom. The molecule has 2 amide bonds. The lowest BCUT2D eigenvalue weighted by Crippen LogP contribution is -2.24.